The molecule has 144 valence electrons. The van der Waals surface area contributed by atoms with Gasteiger partial charge in [0, 0.05) is 31.1 Å². The van der Waals surface area contributed by atoms with E-state index in [-0.39, 0.29) is 30.5 Å². The molecule has 2 N–H and O–H groups in total. The lowest BCUT2D eigenvalue weighted by Gasteiger charge is -2.23. The molecule has 0 unspecified atom stereocenters. The van der Waals surface area contributed by atoms with Crippen LogP contribution in [0.5, 0.6) is 0 Å². The molecule has 2 heterocycles. The lowest BCUT2D eigenvalue weighted by atomic mass is 10.1. The molecule has 0 bridgehead atoms. The van der Waals surface area contributed by atoms with Crippen LogP contribution in [0.1, 0.15) is 28.9 Å². The molecule has 1 aromatic carbocycles. The molecule has 1 aliphatic heterocycles. The summed E-state index contributed by atoms with van der Waals surface area (Å²) < 4.78 is 1.39. The smallest absolute Gasteiger partial charge is 0.271 e. The Morgan fingerprint density at radius 2 is 2.07 bits per heavy atom. The van der Waals surface area contributed by atoms with Crippen molar-refractivity contribution in [1.82, 2.24) is 25.2 Å². The number of carbonyl (C=O) groups is 2. The molecule has 1 aliphatic rings. The van der Waals surface area contributed by atoms with E-state index in [1.807, 2.05) is 12.1 Å². The number of aliphatic hydroxyl groups excluding tert-OH is 1. The van der Waals surface area contributed by atoms with Crippen LogP contribution < -0.4 is 5.32 Å². The number of amides is 2. The zero-order valence-corrected chi connectivity index (χ0v) is 15.8. The molecule has 0 radical (unpaired) electrons. The number of likely N-dealkylation sites (tertiary alicyclic amines) is 1. The van der Waals surface area contributed by atoms with Crippen LogP contribution in [-0.4, -0.2) is 62.0 Å². The van der Waals surface area contributed by atoms with Crippen molar-refractivity contribution in [3.8, 4) is 0 Å². The molecule has 1 aromatic heterocycles. The minimum atomic E-state index is -0.294. The third kappa shape index (κ3) is 4.64. The Labute approximate surface area is 162 Å². The Balaban J connectivity index is 1.56. The zero-order chi connectivity index (χ0) is 19.4. The maximum Gasteiger partial charge on any atom is 0.271 e. The Kier molecular flexibility index (Phi) is 6.08. The normalized spacial score (nSPS) is 19.3. The predicted octanol–water partition coefficient (Wildman–Crippen LogP) is 0.793. The summed E-state index contributed by atoms with van der Waals surface area (Å²) in [7, 11) is 1.64. The molecule has 0 aliphatic carbocycles. The van der Waals surface area contributed by atoms with Crippen molar-refractivity contribution in [3.63, 3.8) is 0 Å². The molecular weight excluding hydrogens is 370 g/mol. The van der Waals surface area contributed by atoms with Crippen molar-refractivity contribution in [3.05, 3.63) is 46.7 Å². The van der Waals surface area contributed by atoms with Gasteiger partial charge in [-0.3, -0.25) is 9.59 Å². The van der Waals surface area contributed by atoms with Crippen LogP contribution in [0, 0.1) is 0 Å². The van der Waals surface area contributed by atoms with Gasteiger partial charge >= 0.3 is 0 Å². The van der Waals surface area contributed by atoms with Crippen LogP contribution in [0.15, 0.2) is 30.5 Å². The highest BCUT2D eigenvalue weighted by molar-refractivity contribution is 6.30. The summed E-state index contributed by atoms with van der Waals surface area (Å²) in [6.07, 6.45) is 2.84. The Hall–Kier alpha value is -2.45. The standard InChI is InChI=1S/C18H22ClN5O3/c1-23-16(9-20-22-23)18(27)21-14-8-15(11-25)24(10-14)17(26)7-4-12-2-5-13(19)6-3-12/h2-3,5-6,9,14-15,25H,4,7-8,10-11H2,1H3,(H,21,27)/t14-,15-/m0/s1. The van der Waals surface area contributed by atoms with Gasteiger partial charge in [0.15, 0.2) is 0 Å². The van der Waals surface area contributed by atoms with Gasteiger partial charge in [-0.2, -0.15) is 0 Å². The number of aromatic nitrogens is 3. The molecular formula is C18H22ClN5O3. The summed E-state index contributed by atoms with van der Waals surface area (Å²) in [6.45, 7) is 0.244. The molecule has 1 saturated heterocycles. The molecule has 2 aromatic rings. The fourth-order valence-corrected chi connectivity index (χ4v) is 3.43. The molecule has 0 spiro atoms. The largest absolute Gasteiger partial charge is 0.394 e. The number of aliphatic hydroxyl groups is 1. The number of carbonyl (C=O) groups excluding carboxylic acids is 2. The van der Waals surface area contributed by atoms with E-state index in [4.69, 9.17) is 11.6 Å². The van der Waals surface area contributed by atoms with Crippen LogP contribution in [-0.2, 0) is 18.3 Å². The van der Waals surface area contributed by atoms with Crippen LogP contribution in [0.3, 0.4) is 0 Å². The first-order chi connectivity index (χ1) is 13.0. The van der Waals surface area contributed by atoms with E-state index in [0.29, 0.717) is 36.5 Å². The molecule has 27 heavy (non-hydrogen) atoms. The summed E-state index contributed by atoms with van der Waals surface area (Å²) in [5.74, 6) is -0.331. The Morgan fingerprint density at radius 3 is 2.70 bits per heavy atom. The van der Waals surface area contributed by atoms with Crippen molar-refractivity contribution in [2.45, 2.75) is 31.3 Å². The number of halogens is 1. The van der Waals surface area contributed by atoms with Gasteiger partial charge in [-0.25, -0.2) is 4.68 Å². The third-order valence-electron chi connectivity index (χ3n) is 4.77. The average molecular weight is 392 g/mol. The topological polar surface area (TPSA) is 100 Å². The second kappa shape index (κ2) is 8.49. The van der Waals surface area contributed by atoms with Crippen molar-refractivity contribution in [2.24, 2.45) is 7.05 Å². The summed E-state index contributed by atoms with van der Waals surface area (Å²) >= 11 is 5.87. The minimum Gasteiger partial charge on any atom is -0.394 e. The number of nitrogens with one attached hydrogen (secondary N) is 1. The average Bonchev–Trinajstić information content (AvgIpc) is 3.27. The number of nitrogens with zero attached hydrogens (tertiary/aromatic N) is 4. The van der Waals surface area contributed by atoms with E-state index in [1.54, 1.807) is 24.1 Å². The van der Waals surface area contributed by atoms with E-state index in [0.717, 1.165) is 5.56 Å². The van der Waals surface area contributed by atoms with Gasteiger partial charge < -0.3 is 15.3 Å². The van der Waals surface area contributed by atoms with Crippen LogP contribution >= 0.6 is 11.6 Å². The Bertz CT molecular complexity index is 808. The lowest BCUT2D eigenvalue weighted by Crippen LogP contribution is -2.40. The van der Waals surface area contributed by atoms with Gasteiger partial charge in [-0.05, 0) is 30.5 Å². The van der Waals surface area contributed by atoms with Gasteiger partial charge in [0.2, 0.25) is 5.91 Å². The van der Waals surface area contributed by atoms with Crippen LogP contribution in [0.25, 0.3) is 0 Å². The summed E-state index contributed by atoms with van der Waals surface area (Å²) in [4.78, 5) is 26.6. The van der Waals surface area contributed by atoms with E-state index >= 15 is 0 Å². The van der Waals surface area contributed by atoms with Gasteiger partial charge in [0.1, 0.15) is 5.69 Å². The van der Waals surface area contributed by atoms with E-state index in [9.17, 15) is 14.7 Å². The number of benzene rings is 1. The number of hydrogen-bond acceptors (Lipinski definition) is 5. The highest BCUT2D eigenvalue weighted by Gasteiger charge is 2.35. The first-order valence-corrected chi connectivity index (χ1v) is 9.16. The van der Waals surface area contributed by atoms with Gasteiger partial charge in [-0.1, -0.05) is 28.9 Å². The molecule has 3 rings (SSSR count). The molecule has 0 saturated carbocycles. The Morgan fingerprint density at radius 1 is 1.33 bits per heavy atom. The first kappa shape index (κ1) is 19.3. The maximum atomic E-state index is 12.6. The second-order valence-corrected chi connectivity index (χ2v) is 7.09. The van der Waals surface area contributed by atoms with Crippen LogP contribution in [0.4, 0.5) is 0 Å². The SMILES string of the molecule is Cn1nncc1C(=O)N[C@H]1C[C@@H](CO)N(C(=O)CCc2ccc(Cl)cc2)C1. The van der Waals surface area contributed by atoms with Crippen molar-refractivity contribution >= 4 is 23.4 Å². The first-order valence-electron chi connectivity index (χ1n) is 8.78. The molecule has 2 atom stereocenters. The molecule has 8 nitrogen and oxygen atoms in total. The summed E-state index contributed by atoms with van der Waals surface area (Å²) in [6, 6.07) is 6.88. The maximum absolute atomic E-state index is 12.6. The van der Waals surface area contributed by atoms with Crippen molar-refractivity contribution in [2.75, 3.05) is 13.2 Å². The van der Waals surface area contributed by atoms with Crippen LogP contribution in [0.2, 0.25) is 5.02 Å². The highest BCUT2D eigenvalue weighted by atomic mass is 35.5. The monoisotopic (exact) mass is 391 g/mol. The molecule has 1 fully saturated rings. The fourth-order valence-electron chi connectivity index (χ4n) is 3.30. The second-order valence-electron chi connectivity index (χ2n) is 6.66. The van der Waals surface area contributed by atoms with E-state index < -0.39 is 0 Å². The van der Waals surface area contributed by atoms with E-state index in [1.165, 1.54) is 10.9 Å². The summed E-state index contributed by atoms with van der Waals surface area (Å²) in [5, 5.41) is 20.6. The van der Waals surface area contributed by atoms with Gasteiger partial charge in [-0.15, -0.1) is 5.10 Å². The highest BCUT2D eigenvalue weighted by Crippen LogP contribution is 2.20. The number of hydrogen-bond donors (Lipinski definition) is 2. The summed E-state index contributed by atoms with van der Waals surface area (Å²) in [5.41, 5.74) is 1.38. The van der Waals surface area contributed by atoms with Crippen molar-refractivity contribution < 1.29 is 14.7 Å². The zero-order valence-electron chi connectivity index (χ0n) is 15.0. The van der Waals surface area contributed by atoms with Crippen molar-refractivity contribution in [1.29, 1.82) is 0 Å². The number of aryl methyl sites for hydroxylation is 2. The quantitative estimate of drug-likeness (QED) is 0.758. The molecule has 9 heteroatoms. The minimum absolute atomic E-state index is 0.0389. The fraction of sp³-hybridized carbons (Fsp3) is 0.444. The predicted molar refractivity (Wildman–Crippen MR) is 99.2 cm³/mol. The van der Waals surface area contributed by atoms with Gasteiger partial charge in [0.05, 0.1) is 18.8 Å². The number of rotatable bonds is 6. The molecule has 2 amide bonds. The van der Waals surface area contributed by atoms with E-state index in [2.05, 4.69) is 15.6 Å². The lowest BCUT2D eigenvalue weighted by molar-refractivity contribution is -0.132. The third-order valence-corrected chi connectivity index (χ3v) is 5.02. The van der Waals surface area contributed by atoms with Gasteiger partial charge in [0.25, 0.3) is 5.91 Å².